The van der Waals surface area contributed by atoms with Crippen LogP contribution in [0.15, 0.2) is 47.1 Å². The number of nitrogens with zero attached hydrogens (tertiary/aromatic N) is 1. The molecular formula is C17H15F3N2O3. The van der Waals surface area contributed by atoms with Crippen molar-refractivity contribution in [2.75, 3.05) is 6.54 Å². The molecule has 1 atom stereocenters. The van der Waals surface area contributed by atoms with E-state index in [0.717, 1.165) is 11.1 Å². The molecule has 0 fully saturated rings. The predicted molar refractivity (Wildman–Crippen MR) is 81.6 cm³/mol. The number of fused-ring (bicyclic) bond motifs is 1. The minimum absolute atomic E-state index is 0.0352. The molecule has 2 amide bonds. The third-order valence-electron chi connectivity index (χ3n) is 4.01. The van der Waals surface area contributed by atoms with Crippen LogP contribution in [0.5, 0.6) is 0 Å². The van der Waals surface area contributed by atoms with Crippen LogP contribution >= 0.6 is 0 Å². The zero-order valence-electron chi connectivity index (χ0n) is 13.0. The van der Waals surface area contributed by atoms with Gasteiger partial charge in [0, 0.05) is 13.0 Å². The van der Waals surface area contributed by atoms with Crippen LogP contribution in [0.4, 0.5) is 13.2 Å². The average molecular weight is 352 g/mol. The molecule has 1 N–H and O–H groups in total. The summed E-state index contributed by atoms with van der Waals surface area (Å²) in [5, 5.41) is 1.86. The van der Waals surface area contributed by atoms with Gasteiger partial charge in [0.1, 0.15) is 12.6 Å². The lowest BCUT2D eigenvalue weighted by atomic mass is 9.93. The largest absolute Gasteiger partial charge is 0.459 e. The topological polar surface area (TPSA) is 62.6 Å². The summed E-state index contributed by atoms with van der Waals surface area (Å²) >= 11 is 0. The number of halogens is 3. The SMILES string of the molecule is O=C(NCC(F)(F)F)[C@H]1Cc2ccccc2CN1C(=O)c1ccco1. The number of nitrogens with one attached hydrogen (secondary N) is 1. The number of carbonyl (C=O) groups is 2. The molecule has 0 bridgehead atoms. The Bertz CT molecular complexity index is 772. The molecule has 0 saturated heterocycles. The van der Waals surface area contributed by atoms with Crippen LogP contribution in [0.3, 0.4) is 0 Å². The molecule has 5 nitrogen and oxygen atoms in total. The first-order valence-corrected chi connectivity index (χ1v) is 7.61. The van der Waals surface area contributed by atoms with Crippen LogP contribution in [0, 0.1) is 0 Å². The molecule has 132 valence electrons. The number of amides is 2. The zero-order valence-corrected chi connectivity index (χ0v) is 13.0. The summed E-state index contributed by atoms with van der Waals surface area (Å²) in [5.41, 5.74) is 1.68. The molecule has 1 aliphatic heterocycles. The van der Waals surface area contributed by atoms with E-state index in [-0.39, 0.29) is 18.7 Å². The molecule has 8 heteroatoms. The van der Waals surface area contributed by atoms with Gasteiger partial charge in [-0.1, -0.05) is 24.3 Å². The van der Waals surface area contributed by atoms with Gasteiger partial charge in [-0.25, -0.2) is 0 Å². The number of alkyl halides is 3. The zero-order chi connectivity index (χ0) is 18.0. The van der Waals surface area contributed by atoms with Gasteiger partial charge in [0.2, 0.25) is 5.91 Å². The molecule has 1 aliphatic rings. The van der Waals surface area contributed by atoms with E-state index in [1.165, 1.54) is 23.3 Å². The van der Waals surface area contributed by atoms with Crippen LogP contribution in [0.2, 0.25) is 0 Å². The second kappa shape index (κ2) is 6.62. The Hall–Kier alpha value is -2.77. The van der Waals surface area contributed by atoms with E-state index >= 15 is 0 Å². The highest BCUT2D eigenvalue weighted by atomic mass is 19.4. The standard InChI is InChI=1S/C17H15F3N2O3/c18-17(19,20)10-21-15(23)13-8-11-4-1-2-5-12(11)9-22(13)16(24)14-6-3-7-25-14/h1-7,13H,8-10H2,(H,21,23)/t13-/m1/s1. The van der Waals surface area contributed by atoms with Gasteiger partial charge in [0.25, 0.3) is 5.91 Å². The van der Waals surface area contributed by atoms with Crippen LogP contribution in [-0.4, -0.2) is 35.5 Å². The summed E-state index contributed by atoms with van der Waals surface area (Å²) < 4.78 is 42.2. The van der Waals surface area contributed by atoms with Gasteiger partial charge in [-0.05, 0) is 23.3 Å². The molecule has 2 heterocycles. The Morgan fingerprint density at radius 3 is 2.52 bits per heavy atom. The Morgan fingerprint density at radius 1 is 1.16 bits per heavy atom. The van der Waals surface area contributed by atoms with Crippen LogP contribution in [0.25, 0.3) is 0 Å². The van der Waals surface area contributed by atoms with Crippen molar-refractivity contribution in [3.05, 3.63) is 59.5 Å². The Labute approximate surface area is 141 Å². The number of hydrogen-bond donors (Lipinski definition) is 1. The first kappa shape index (κ1) is 17.1. The molecule has 3 rings (SSSR count). The van der Waals surface area contributed by atoms with Crippen molar-refractivity contribution in [2.24, 2.45) is 0 Å². The molecule has 1 aromatic carbocycles. The Kier molecular flexibility index (Phi) is 4.52. The van der Waals surface area contributed by atoms with E-state index in [1.807, 2.05) is 11.4 Å². The summed E-state index contributed by atoms with van der Waals surface area (Å²) in [6, 6.07) is 9.16. The number of carbonyl (C=O) groups excluding carboxylic acids is 2. The van der Waals surface area contributed by atoms with E-state index in [2.05, 4.69) is 0 Å². The summed E-state index contributed by atoms with van der Waals surface area (Å²) in [4.78, 5) is 26.2. The first-order valence-electron chi connectivity index (χ1n) is 7.61. The second-order valence-electron chi connectivity index (χ2n) is 5.73. The summed E-state index contributed by atoms with van der Waals surface area (Å²) in [6.45, 7) is -1.31. The lowest BCUT2D eigenvalue weighted by Gasteiger charge is -2.35. The predicted octanol–water partition coefficient (Wildman–Crippen LogP) is 2.53. The smallest absolute Gasteiger partial charge is 0.405 e. The Balaban J connectivity index is 1.86. The van der Waals surface area contributed by atoms with Gasteiger partial charge in [0.05, 0.1) is 6.26 Å². The van der Waals surface area contributed by atoms with Crippen molar-refractivity contribution in [1.29, 1.82) is 0 Å². The van der Waals surface area contributed by atoms with Gasteiger partial charge in [-0.2, -0.15) is 13.2 Å². The van der Waals surface area contributed by atoms with Crippen molar-refractivity contribution >= 4 is 11.8 Å². The molecule has 0 spiro atoms. The van der Waals surface area contributed by atoms with Gasteiger partial charge in [-0.15, -0.1) is 0 Å². The van der Waals surface area contributed by atoms with Crippen LogP contribution in [0.1, 0.15) is 21.7 Å². The molecule has 0 aliphatic carbocycles. The highest BCUT2D eigenvalue weighted by Crippen LogP contribution is 2.25. The lowest BCUT2D eigenvalue weighted by Crippen LogP contribution is -2.53. The minimum atomic E-state index is -4.52. The van der Waals surface area contributed by atoms with Gasteiger partial charge in [-0.3, -0.25) is 9.59 Å². The maximum absolute atomic E-state index is 12.6. The summed E-state index contributed by atoms with van der Waals surface area (Å²) in [7, 11) is 0. The molecule has 0 saturated carbocycles. The Morgan fingerprint density at radius 2 is 1.88 bits per heavy atom. The minimum Gasteiger partial charge on any atom is -0.459 e. The quantitative estimate of drug-likeness (QED) is 0.923. The van der Waals surface area contributed by atoms with E-state index in [0.29, 0.717) is 0 Å². The highest BCUT2D eigenvalue weighted by molar-refractivity contribution is 5.96. The number of benzene rings is 1. The van der Waals surface area contributed by atoms with E-state index in [9.17, 15) is 22.8 Å². The van der Waals surface area contributed by atoms with Gasteiger partial charge in [0.15, 0.2) is 5.76 Å². The molecule has 2 aromatic rings. The highest BCUT2D eigenvalue weighted by Gasteiger charge is 2.37. The van der Waals surface area contributed by atoms with Crippen molar-refractivity contribution in [3.8, 4) is 0 Å². The number of rotatable bonds is 3. The van der Waals surface area contributed by atoms with Crippen molar-refractivity contribution in [3.63, 3.8) is 0 Å². The van der Waals surface area contributed by atoms with E-state index < -0.39 is 30.6 Å². The fourth-order valence-electron chi connectivity index (χ4n) is 2.82. The summed E-state index contributed by atoms with van der Waals surface area (Å²) in [6.07, 6.45) is -3.05. The summed E-state index contributed by atoms with van der Waals surface area (Å²) in [5.74, 6) is -1.34. The number of furan rings is 1. The molecule has 1 aromatic heterocycles. The van der Waals surface area contributed by atoms with Crippen molar-refractivity contribution in [2.45, 2.75) is 25.2 Å². The first-order chi connectivity index (χ1) is 11.8. The molecule has 25 heavy (non-hydrogen) atoms. The van der Waals surface area contributed by atoms with Crippen molar-refractivity contribution in [1.82, 2.24) is 10.2 Å². The average Bonchev–Trinajstić information content (AvgIpc) is 3.11. The second-order valence-corrected chi connectivity index (χ2v) is 5.73. The fraction of sp³-hybridized carbons (Fsp3) is 0.294. The monoisotopic (exact) mass is 352 g/mol. The lowest BCUT2D eigenvalue weighted by molar-refractivity contribution is -0.141. The number of hydrogen-bond acceptors (Lipinski definition) is 3. The fourth-order valence-corrected chi connectivity index (χ4v) is 2.82. The van der Waals surface area contributed by atoms with E-state index in [1.54, 1.807) is 18.2 Å². The van der Waals surface area contributed by atoms with Gasteiger partial charge >= 0.3 is 6.18 Å². The van der Waals surface area contributed by atoms with Crippen LogP contribution < -0.4 is 5.32 Å². The third kappa shape index (κ3) is 3.84. The van der Waals surface area contributed by atoms with E-state index in [4.69, 9.17) is 4.42 Å². The maximum atomic E-state index is 12.6. The normalized spacial score (nSPS) is 17.1. The maximum Gasteiger partial charge on any atom is 0.405 e. The molecule has 0 unspecified atom stereocenters. The molecule has 0 radical (unpaired) electrons. The van der Waals surface area contributed by atoms with Crippen molar-refractivity contribution < 1.29 is 27.2 Å². The van der Waals surface area contributed by atoms with Crippen LogP contribution in [-0.2, 0) is 17.8 Å². The van der Waals surface area contributed by atoms with Gasteiger partial charge < -0.3 is 14.6 Å². The molecular weight excluding hydrogens is 337 g/mol. The third-order valence-corrected chi connectivity index (χ3v) is 4.01.